The largest absolute Gasteiger partial charge is 0.493 e. The summed E-state index contributed by atoms with van der Waals surface area (Å²) in [6.45, 7) is 5.16. The summed E-state index contributed by atoms with van der Waals surface area (Å²) < 4.78 is 10.9. The normalized spacial score (nSPS) is 9.88. The van der Waals surface area contributed by atoms with Gasteiger partial charge in [-0.1, -0.05) is 19.4 Å². The Labute approximate surface area is 96.4 Å². The highest BCUT2D eigenvalue weighted by Crippen LogP contribution is 2.26. The second-order valence-corrected chi connectivity index (χ2v) is 3.42. The maximum atomic E-state index is 11.0. The Morgan fingerprint density at radius 3 is 2.44 bits per heavy atom. The Bertz CT molecular complexity index is 334. The maximum Gasteiger partial charge on any atom is 0.157 e. The number of carbonyl (C=O) groups excluding carboxylic acids is 1. The van der Waals surface area contributed by atoms with Crippen molar-refractivity contribution in [1.29, 1.82) is 0 Å². The maximum absolute atomic E-state index is 11.0. The quantitative estimate of drug-likeness (QED) is 0.525. The van der Waals surface area contributed by atoms with Gasteiger partial charge < -0.3 is 9.47 Å². The van der Waals surface area contributed by atoms with Crippen LogP contribution in [0, 0.1) is 0 Å². The molecule has 0 aromatic heterocycles. The van der Waals surface area contributed by atoms with Crippen LogP contribution >= 0.6 is 0 Å². The van der Waals surface area contributed by atoms with E-state index >= 15 is 0 Å². The molecule has 1 aromatic rings. The van der Waals surface area contributed by atoms with E-state index in [2.05, 4.69) is 6.92 Å². The van der Waals surface area contributed by atoms with Crippen LogP contribution in [0.25, 0.3) is 0 Å². The fourth-order valence-electron chi connectivity index (χ4n) is 1.37. The molecule has 88 valence electrons. The van der Waals surface area contributed by atoms with Crippen molar-refractivity contribution >= 4 is 6.29 Å². The molecule has 0 radical (unpaired) electrons. The summed E-state index contributed by atoms with van der Waals surface area (Å²) in [6, 6.07) is 5.40. The van der Waals surface area contributed by atoms with E-state index in [0.717, 1.165) is 19.1 Å². The molecule has 0 aliphatic heterocycles. The minimum absolute atomic E-state index is 0.500. The van der Waals surface area contributed by atoms with Crippen LogP contribution in [0.4, 0.5) is 0 Å². The Morgan fingerprint density at radius 1 is 1.19 bits per heavy atom. The number of ether oxygens (including phenoxy) is 2. The molecule has 3 heteroatoms. The van der Waals surface area contributed by atoms with Crippen molar-refractivity contribution in [3.05, 3.63) is 23.8 Å². The summed E-state index contributed by atoms with van der Waals surface area (Å²) in [7, 11) is 0. The summed E-state index contributed by atoms with van der Waals surface area (Å²) >= 11 is 0. The Kier molecular flexibility index (Phi) is 5.40. The zero-order chi connectivity index (χ0) is 11.8. The van der Waals surface area contributed by atoms with E-state index < -0.39 is 0 Å². The standard InChI is InChI=1S/C13H18O3/c1-3-5-9-16-13-8-6-7-12(15-4-2)11(13)10-14/h6-8,10H,3-5,9H2,1-2H3. The molecule has 0 saturated carbocycles. The molecule has 0 N–H and O–H groups in total. The van der Waals surface area contributed by atoms with Crippen molar-refractivity contribution in [3.8, 4) is 11.5 Å². The zero-order valence-corrected chi connectivity index (χ0v) is 9.86. The van der Waals surface area contributed by atoms with E-state index in [9.17, 15) is 4.79 Å². The predicted octanol–water partition coefficient (Wildman–Crippen LogP) is 3.08. The molecule has 0 saturated heterocycles. The summed E-state index contributed by atoms with van der Waals surface area (Å²) in [6.07, 6.45) is 2.84. The van der Waals surface area contributed by atoms with E-state index in [0.29, 0.717) is 30.3 Å². The third-order valence-corrected chi connectivity index (χ3v) is 2.20. The van der Waals surface area contributed by atoms with Crippen LogP contribution in [0.15, 0.2) is 18.2 Å². The molecular formula is C13H18O3. The van der Waals surface area contributed by atoms with Gasteiger partial charge in [-0.05, 0) is 25.5 Å². The van der Waals surface area contributed by atoms with Gasteiger partial charge in [-0.2, -0.15) is 0 Å². The minimum atomic E-state index is 0.500. The lowest BCUT2D eigenvalue weighted by Crippen LogP contribution is -2.02. The average molecular weight is 222 g/mol. The number of hydrogen-bond acceptors (Lipinski definition) is 3. The lowest BCUT2D eigenvalue weighted by Gasteiger charge is -2.11. The van der Waals surface area contributed by atoms with Crippen LogP contribution in [0.5, 0.6) is 11.5 Å². The van der Waals surface area contributed by atoms with Crippen molar-refractivity contribution in [3.63, 3.8) is 0 Å². The highest BCUT2D eigenvalue weighted by atomic mass is 16.5. The monoisotopic (exact) mass is 222 g/mol. The van der Waals surface area contributed by atoms with E-state index in [4.69, 9.17) is 9.47 Å². The molecule has 1 rings (SSSR count). The van der Waals surface area contributed by atoms with Gasteiger partial charge in [0, 0.05) is 0 Å². The van der Waals surface area contributed by atoms with Gasteiger partial charge in [0.15, 0.2) is 6.29 Å². The minimum Gasteiger partial charge on any atom is -0.493 e. The molecule has 0 aliphatic rings. The van der Waals surface area contributed by atoms with Crippen LogP contribution in [0.1, 0.15) is 37.0 Å². The fourth-order valence-corrected chi connectivity index (χ4v) is 1.37. The molecule has 0 amide bonds. The van der Waals surface area contributed by atoms with Gasteiger partial charge in [-0.3, -0.25) is 4.79 Å². The second kappa shape index (κ2) is 6.88. The summed E-state index contributed by atoms with van der Waals surface area (Å²) in [5, 5.41) is 0. The fraction of sp³-hybridized carbons (Fsp3) is 0.462. The van der Waals surface area contributed by atoms with Crippen molar-refractivity contribution in [2.75, 3.05) is 13.2 Å². The molecule has 1 aromatic carbocycles. The van der Waals surface area contributed by atoms with Gasteiger partial charge >= 0.3 is 0 Å². The molecule has 16 heavy (non-hydrogen) atoms. The molecule has 0 fully saturated rings. The number of aldehydes is 1. The van der Waals surface area contributed by atoms with E-state index in [-0.39, 0.29) is 0 Å². The number of rotatable bonds is 7. The van der Waals surface area contributed by atoms with Crippen LogP contribution in [0.3, 0.4) is 0 Å². The van der Waals surface area contributed by atoms with Gasteiger partial charge in [-0.15, -0.1) is 0 Å². The van der Waals surface area contributed by atoms with Crippen LogP contribution in [-0.2, 0) is 0 Å². The SMILES string of the molecule is CCCCOc1cccc(OCC)c1C=O. The average Bonchev–Trinajstić information content (AvgIpc) is 2.30. The molecule has 3 nitrogen and oxygen atoms in total. The zero-order valence-electron chi connectivity index (χ0n) is 9.86. The molecule has 0 heterocycles. The first-order valence-electron chi connectivity index (χ1n) is 5.67. The topological polar surface area (TPSA) is 35.5 Å². The molecule has 0 spiro atoms. The number of carbonyl (C=O) groups is 1. The smallest absolute Gasteiger partial charge is 0.157 e. The van der Waals surface area contributed by atoms with Crippen LogP contribution < -0.4 is 9.47 Å². The van der Waals surface area contributed by atoms with E-state index in [1.54, 1.807) is 12.1 Å². The van der Waals surface area contributed by atoms with Gasteiger partial charge in [0.05, 0.1) is 18.8 Å². The van der Waals surface area contributed by atoms with Crippen LogP contribution in [-0.4, -0.2) is 19.5 Å². The first kappa shape index (κ1) is 12.6. The Morgan fingerprint density at radius 2 is 1.88 bits per heavy atom. The number of unbranched alkanes of at least 4 members (excludes halogenated alkanes) is 1. The van der Waals surface area contributed by atoms with E-state index in [1.165, 1.54) is 0 Å². The molecule has 0 aliphatic carbocycles. The first-order valence-corrected chi connectivity index (χ1v) is 5.67. The lowest BCUT2D eigenvalue weighted by atomic mass is 10.2. The summed E-state index contributed by atoms with van der Waals surface area (Å²) in [4.78, 5) is 11.0. The van der Waals surface area contributed by atoms with Crippen LogP contribution in [0.2, 0.25) is 0 Å². The van der Waals surface area contributed by atoms with Crippen molar-refractivity contribution in [2.24, 2.45) is 0 Å². The van der Waals surface area contributed by atoms with Crippen molar-refractivity contribution in [1.82, 2.24) is 0 Å². The first-order chi connectivity index (χ1) is 7.83. The highest BCUT2D eigenvalue weighted by Gasteiger charge is 2.09. The molecule has 0 bridgehead atoms. The summed E-state index contributed by atoms with van der Waals surface area (Å²) in [5.41, 5.74) is 0.500. The Balaban J connectivity index is 2.81. The van der Waals surface area contributed by atoms with Gasteiger partial charge in [0.25, 0.3) is 0 Å². The number of hydrogen-bond donors (Lipinski definition) is 0. The van der Waals surface area contributed by atoms with Crippen molar-refractivity contribution in [2.45, 2.75) is 26.7 Å². The van der Waals surface area contributed by atoms with Crippen molar-refractivity contribution < 1.29 is 14.3 Å². The Hall–Kier alpha value is -1.51. The van der Waals surface area contributed by atoms with Gasteiger partial charge in [-0.25, -0.2) is 0 Å². The van der Waals surface area contributed by atoms with Gasteiger partial charge in [0.2, 0.25) is 0 Å². The molecular weight excluding hydrogens is 204 g/mol. The molecule has 0 atom stereocenters. The van der Waals surface area contributed by atoms with Gasteiger partial charge in [0.1, 0.15) is 11.5 Å². The molecule has 0 unspecified atom stereocenters. The predicted molar refractivity (Wildman–Crippen MR) is 63.4 cm³/mol. The summed E-state index contributed by atoms with van der Waals surface area (Å²) in [5.74, 6) is 1.20. The third kappa shape index (κ3) is 3.26. The third-order valence-electron chi connectivity index (χ3n) is 2.20. The van der Waals surface area contributed by atoms with E-state index in [1.807, 2.05) is 13.0 Å². The number of benzene rings is 1. The highest BCUT2D eigenvalue weighted by molar-refractivity contribution is 5.83. The lowest BCUT2D eigenvalue weighted by molar-refractivity contribution is 0.111. The second-order valence-electron chi connectivity index (χ2n) is 3.42.